The van der Waals surface area contributed by atoms with Crippen LogP contribution in [0.25, 0.3) is 0 Å². The van der Waals surface area contributed by atoms with Gasteiger partial charge in [-0.15, -0.1) is 0 Å². The molecule has 2 aromatic carbocycles. The number of hydrogen-bond donors (Lipinski definition) is 1. The first-order valence-corrected chi connectivity index (χ1v) is 8.73. The first-order valence-electron chi connectivity index (χ1n) is 8.73. The van der Waals surface area contributed by atoms with Gasteiger partial charge in [-0.25, -0.2) is 0 Å². The molecule has 0 spiro atoms. The van der Waals surface area contributed by atoms with E-state index < -0.39 is 0 Å². The molecule has 0 bridgehead atoms. The minimum absolute atomic E-state index is 0.300. The van der Waals surface area contributed by atoms with Crippen LogP contribution < -0.4 is 14.2 Å². The maximum Gasteiger partial charge on any atom is 0.231 e. The zero-order valence-corrected chi connectivity index (χ0v) is 14.5. The van der Waals surface area contributed by atoms with Gasteiger partial charge in [0, 0.05) is 18.4 Å². The van der Waals surface area contributed by atoms with Crippen molar-refractivity contribution in [2.75, 3.05) is 27.5 Å². The SMILES string of the molecule is COc1ccc2c(c1O)C[N+]1(C)CCc3cc4c(cc3C1C2)OCO4. The Morgan fingerprint density at radius 1 is 1.16 bits per heavy atom. The lowest BCUT2D eigenvalue weighted by Gasteiger charge is -2.49. The molecule has 2 atom stereocenters. The Labute approximate surface area is 146 Å². The molecule has 0 fully saturated rings. The second-order valence-electron chi connectivity index (χ2n) is 7.49. The predicted molar refractivity (Wildman–Crippen MR) is 92.1 cm³/mol. The molecule has 0 amide bonds. The second-order valence-corrected chi connectivity index (χ2v) is 7.49. The fourth-order valence-corrected chi connectivity index (χ4v) is 4.67. The molecule has 0 aliphatic carbocycles. The first-order chi connectivity index (χ1) is 12.1. The number of nitrogens with zero attached hydrogens (tertiary/aromatic N) is 1. The number of ether oxygens (including phenoxy) is 3. The Kier molecular flexibility index (Phi) is 3.01. The van der Waals surface area contributed by atoms with Gasteiger partial charge in [-0.1, -0.05) is 6.07 Å². The highest BCUT2D eigenvalue weighted by Crippen LogP contribution is 2.49. The van der Waals surface area contributed by atoms with Crippen LogP contribution in [0.15, 0.2) is 24.3 Å². The van der Waals surface area contributed by atoms with Gasteiger partial charge < -0.3 is 23.8 Å². The van der Waals surface area contributed by atoms with Crippen LogP contribution in [0, 0.1) is 0 Å². The average Bonchev–Trinajstić information content (AvgIpc) is 3.07. The van der Waals surface area contributed by atoms with Crippen LogP contribution in [0.5, 0.6) is 23.0 Å². The lowest BCUT2D eigenvalue weighted by atomic mass is 9.81. The van der Waals surface area contributed by atoms with Crippen molar-refractivity contribution in [2.45, 2.75) is 25.4 Å². The minimum atomic E-state index is 0.300. The van der Waals surface area contributed by atoms with Crippen molar-refractivity contribution in [2.24, 2.45) is 0 Å². The number of phenols is 1. The van der Waals surface area contributed by atoms with Crippen LogP contribution in [0.4, 0.5) is 0 Å². The van der Waals surface area contributed by atoms with E-state index in [0.717, 1.165) is 47.5 Å². The van der Waals surface area contributed by atoms with E-state index in [0.29, 0.717) is 24.3 Å². The second kappa shape index (κ2) is 5.05. The van der Waals surface area contributed by atoms with Crippen LogP contribution in [-0.2, 0) is 19.4 Å². The van der Waals surface area contributed by atoms with Crippen LogP contribution in [-0.4, -0.2) is 37.1 Å². The smallest absolute Gasteiger partial charge is 0.231 e. The first kappa shape index (κ1) is 14.9. The number of benzene rings is 2. The van der Waals surface area contributed by atoms with Crippen LogP contribution >= 0.6 is 0 Å². The minimum Gasteiger partial charge on any atom is -0.504 e. The Bertz CT molecular complexity index is 878. The van der Waals surface area contributed by atoms with Gasteiger partial charge in [-0.05, 0) is 29.3 Å². The highest BCUT2D eigenvalue weighted by Gasteiger charge is 2.44. The van der Waals surface area contributed by atoms with E-state index in [1.54, 1.807) is 7.11 Å². The molecule has 1 N–H and O–H groups in total. The molecule has 5 nitrogen and oxygen atoms in total. The largest absolute Gasteiger partial charge is 0.504 e. The Morgan fingerprint density at radius 3 is 2.76 bits per heavy atom. The van der Waals surface area contributed by atoms with Gasteiger partial charge in [0.25, 0.3) is 0 Å². The Morgan fingerprint density at radius 2 is 1.96 bits per heavy atom. The summed E-state index contributed by atoms with van der Waals surface area (Å²) in [6.45, 7) is 2.18. The van der Waals surface area contributed by atoms with Crippen molar-refractivity contribution in [3.63, 3.8) is 0 Å². The topological polar surface area (TPSA) is 47.9 Å². The summed E-state index contributed by atoms with van der Waals surface area (Å²) in [4.78, 5) is 0. The van der Waals surface area contributed by atoms with E-state index in [2.05, 4.69) is 25.2 Å². The van der Waals surface area contributed by atoms with Crippen LogP contribution in [0.1, 0.15) is 28.3 Å². The molecule has 130 valence electrons. The number of phenolic OH excluding ortho intramolecular Hbond substituents is 1. The van der Waals surface area contributed by atoms with E-state index in [9.17, 15) is 5.11 Å². The van der Waals surface area contributed by atoms with E-state index in [-0.39, 0.29) is 0 Å². The van der Waals surface area contributed by atoms with Crippen molar-refractivity contribution in [1.29, 1.82) is 0 Å². The average molecular weight is 340 g/mol. The van der Waals surface area contributed by atoms with Gasteiger partial charge >= 0.3 is 0 Å². The molecular weight excluding hydrogens is 318 g/mol. The Balaban J connectivity index is 1.62. The summed E-state index contributed by atoms with van der Waals surface area (Å²) in [7, 11) is 3.89. The number of aromatic hydroxyl groups is 1. The highest BCUT2D eigenvalue weighted by molar-refractivity contribution is 5.53. The van der Waals surface area contributed by atoms with Crippen molar-refractivity contribution in [1.82, 2.24) is 0 Å². The maximum atomic E-state index is 10.6. The van der Waals surface area contributed by atoms with Gasteiger partial charge in [0.2, 0.25) is 6.79 Å². The quantitative estimate of drug-likeness (QED) is 0.811. The number of likely N-dealkylation sites (N-methyl/N-ethyl adjacent to an activating group) is 1. The number of hydrogen-bond acceptors (Lipinski definition) is 4. The molecule has 3 heterocycles. The van der Waals surface area contributed by atoms with Gasteiger partial charge in [-0.2, -0.15) is 0 Å². The third kappa shape index (κ3) is 2.05. The fraction of sp³-hybridized carbons (Fsp3) is 0.400. The molecule has 2 unspecified atom stereocenters. The summed E-state index contributed by atoms with van der Waals surface area (Å²) in [6.07, 6.45) is 1.93. The fourth-order valence-electron chi connectivity index (χ4n) is 4.67. The summed E-state index contributed by atoms with van der Waals surface area (Å²) in [5.74, 6) is 2.59. The summed E-state index contributed by atoms with van der Waals surface area (Å²) in [5, 5.41) is 10.6. The predicted octanol–water partition coefficient (Wildman–Crippen LogP) is 2.93. The number of rotatable bonds is 1. The van der Waals surface area contributed by atoms with Crippen molar-refractivity contribution >= 4 is 0 Å². The number of methoxy groups -OCH3 is 1. The lowest BCUT2D eigenvalue weighted by Crippen LogP contribution is -2.53. The third-order valence-electron chi connectivity index (χ3n) is 6.13. The summed E-state index contributed by atoms with van der Waals surface area (Å²) in [5.41, 5.74) is 4.97. The van der Waals surface area contributed by atoms with Crippen molar-refractivity contribution in [3.05, 3.63) is 46.5 Å². The zero-order chi connectivity index (χ0) is 17.2. The van der Waals surface area contributed by atoms with Crippen molar-refractivity contribution in [3.8, 4) is 23.0 Å². The van der Waals surface area contributed by atoms with Crippen molar-refractivity contribution < 1.29 is 23.8 Å². The molecule has 2 aromatic rings. The van der Waals surface area contributed by atoms with Crippen LogP contribution in [0.3, 0.4) is 0 Å². The highest BCUT2D eigenvalue weighted by atomic mass is 16.7. The lowest BCUT2D eigenvalue weighted by molar-refractivity contribution is -0.956. The van der Waals surface area contributed by atoms with Gasteiger partial charge in [-0.3, -0.25) is 0 Å². The molecule has 5 heteroatoms. The number of fused-ring (bicyclic) bond motifs is 5. The molecule has 0 aromatic heterocycles. The molecule has 0 saturated heterocycles. The van der Waals surface area contributed by atoms with E-state index in [4.69, 9.17) is 14.2 Å². The molecule has 5 rings (SSSR count). The molecule has 0 radical (unpaired) electrons. The van der Waals surface area contributed by atoms with E-state index in [1.165, 1.54) is 16.7 Å². The normalized spacial score (nSPS) is 25.8. The molecule has 0 saturated carbocycles. The third-order valence-corrected chi connectivity index (χ3v) is 6.13. The standard InChI is InChI=1S/C20H21NO4/c1-21-6-5-13-8-18-19(25-11-24-18)9-14(13)16(21)7-12-3-4-17(23-2)20(22)15(12)10-21/h3-4,8-9,16H,5-7,10-11H2,1-2H3/p+1. The van der Waals surface area contributed by atoms with Gasteiger partial charge in [0.15, 0.2) is 23.0 Å². The van der Waals surface area contributed by atoms with Gasteiger partial charge in [0.05, 0.1) is 26.3 Å². The Hall–Kier alpha value is -2.40. The maximum absolute atomic E-state index is 10.6. The summed E-state index contributed by atoms with van der Waals surface area (Å²) < 4.78 is 17.4. The molecule has 25 heavy (non-hydrogen) atoms. The molecule has 3 aliphatic rings. The molecule has 3 aliphatic heterocycles. The van der Waals surface area contributed by atoms with E-state index >= 15 is 0 Å². The molecular formula is C20H22NO4+. The summed E-state index contributed by atoms with van der Waals surface area (Å²) >= 11 is 0. The van der Waals surface area contributed by atoms with E-state index in [1.807, 2.05) is 6.07 Å². The van der Waals surface area contributed by atoms with Crippen LogP contribution in [0.2, 0.25) is 0 Å². The summed E-state index contributed by atoms with van der Waals surface area (Å²) in [6, 6.07) is 8.67. The number of quaternary nitrogens is 1. The monoisotopic (exact) mass is 340 g/mol. The van der Waals surface area contributed by atoms with Gasteiger partial charge in [0.1, 0.15) is 12.6 Å². The zero-order valence-electron chi connectivity index (χ0n) is 14.5.